The normalized spacial score (nSPS) is 11.4. The molecule has 0 saturated carbocycles. The predicted octanol–water partition coefficient (Wildman–Crippen LogP) is 3.00. The van der Waals surface area contributed by atoms with E-state index in [2.05, 4.69) is 46.3 Å². The molecule has 1 N–H and O–H groups in total. The zero-order chi connectivity index (χ0) is 12.5. The number of benzene rings is 1. The second-order valence-electron chi connectivity index (χ2n) is 3.09. The van der Waals surface area contributed by atoms with Crippen molar-refractivity contribution in [3.63, 3.8) is 0 Å². The number of aromatic nitrogens is 1. The highest BCUT2D eigenvalue weighted by Gasteiger charge is 2.18. The van der Waals surface area contributed by atoms with Gasteiger partial charge in [0, 0.05) is 8.95 Å². The van der Waals surface area contributed by atoms with Crippen LogP contribution in [-0.4, -0.2) is 13.6 Å². The van der Waals surface area contributed by atoms with E-state index in [0.717, 1.165) is 0 Å². The Bertz CT molecular complexity index is 626. The van der Waals surface area contributed by atoms with E-state index in [9.17, 15) is 8.42 Å². The number of hydrogen-bond acceptors (Lipinski definition) is 4. The Morgan fingerprint density at radius 1 is 1.29 bits per heavy atom. The van der Waals surface area contributed by atoms with Gasteiger partial charge in [0.2, 0.25) is 0 Å². The monoisotopic (exact) mass is 380 g/mol. The molecule has 0 unspecified atom stereocenters. The lowest BCUT2D eigenvalue weighted by molar-refractivity contribution is 0.420. The smallest absolute Gasteiger partial charge is 0.263 e. The van der Waals surface area contributed by atoms with Crippen molar-refractivity contribution in [2.45, 2.75) is 4.90 Å². The molecule has 0 radical (unpaired) electrons. The van der Waals surface area contributed by atoms with Gasteiger partial charge in [-0.25, -0.2) is 8.42 Å². The predicted molar refractivity (Wildman–Crippen MR) is 69.2 cm³/mol. The molecule has 0 saturated heterocycles. The summed E-state index contributed by atoms with van der Waals surface area (Å²) in [4.78, 5) is 0.132. The zero-order valence-corrected chi connectivity index (χ0v) is 12.2. The van der Waals surface area contributed by atoms with E-state index >= 15 is 0 Å². The molecule has 1 aromatic carbocycles. The summed E-state index contributed by atoms with van der Waals surface area (Å²) in [6, 6.07) is 4.88. The molecule has 2 aromatic rings. The van der Waals surface area contributed by atoms with Crippen molar-refractivity contribution < 1.29 is 12.9 Å². The fourth-order valence-electron chi connectivity index (χ4n) is 1.15. The number of anilines is 1. The highest BCUT2D eigenvalue weighted by Crippen LogP contribution is 2.27. The number of nitrogens with zero attached hydrogens (tertiary/aromatic N) is 1. The van der Waals surface area contributed by atoms with Crippen LogP contribution in [0.25, 0.3) is 0 Å². The summed E-state index contributed by atoms with van der Waals surface area (Å²) < 4.78 is 32.1. The molecule has 0 bridgehead atoms. The van der Waals surface area contributed by atoms with Gasteiger partial charge in [0.15, 0.2) is 0 Å². The first-order valence-electron chi connectivity index (χ1n) is 4.36. The van der Waals surface area contributed by atoms with Crippen LogP contribution in [0.4, 0.5) is 5.69 Å². The van der Waals surface area contributed by atoms with Crippen molar-refractivity contribution in [2.24, 2.45) is 0 Å². The van der Waals surface area contributed by atoms with E-state index in [1.54, 1.807) is 12.1 Å². The molecule has 0 fully saturated rings. The Labute approximate surface area is 114 Å². The maximum Gasteiger partial charge on any atom is 0.263 e. The first-order chi connectivity index (χ1) is 7.99. The molecule has 8 heteroatoms. The molecule has 0 aliphatic carbocycles. The van der Waals surface area contributed by atoms with Crippen molar-refractivity contribution in [1.29, 1.82) is 0 Å². The number of sulfonamides is 1. The van der Waals surface area contributed by atoms with Gasteiger partial charge in [0.1, 0.15) is 16.8 Å². The van der Waals surface area contributed by atoms with Gasteiger partial charge in [-0.3, -0.25) is 4.72 Å². The third-order valence-corrected chi connectivity index (χ3v) is 4.74. The average molecular weight is 382 g/mol. The molecular weight excluding hydrogens is 376 g/mol. The van der Waals surface area contributed by atoms with Gasteiger partial charge < -0.3 is 4.52 Å². The Morgan fingerprint density at radius 2 is 2.06 bits per heavy atom. The van der Waals surface area contributed by atoms with E-state index in [0.29, 0.717) is 8.95 Å². The fourth-order valence-corrected chi connectivity index (χ4v) is 3.68. The van der Waals surface area contributed by atoms with Crippen LogP contribution in [0.1, 0.15) is 0 Å². The molecule has 0 atom stereocenters. The summed E-state index contributed by atoms with van der Waals surface area (Å²) in [5, 5.41) is 3.42. The zero-order valence-electron chi connectivity index (χ0n) is 8.22. The van der Waals surface area contributed by atoms with E-state index in [1.165, 1.54) is 18.5 Å². The van der Waals surface area contributed by atoms with E-state index in [-0.39, 0.29) is 10.6 Å². The second kappa shape index (κ2) is 4.79. The lowest BCUT2D eigenvalue weighted by Crippen LogP contribution is -2.13. The maximum atomic E-state index is 12.0. The van der Waals surface area contributed by atoms with Crippen molar-refractivity contribution in [2.75, 3.05) is 4.72 Å². The number of nitrogens with one attached hydrogen (secondary N) is 1. The SMILES string of the molecule is O=S(=O)(Nc1cnoc1)c1cc(Br)ccc1Br. The van der Waals surface area contributed by atoms with Crippen molar-refractivity contribution in [3.05, 3.63) is 39.6 Å². The summed E-state index contributed by atoms with van der Waals surface area (Å²) in [5.74, 6) is 0. The molecule has 0 amide bonds. The van der Waals surface area contributed by atoms with Gasteiger partial charge in [-0.1, -0.05) is 21.1 Å². The van der Waals surface area contributed by atoms with Gasteiger partial charge in [-0.2, -0.15) is 0 Å². The summed E-state index contributed by atoms with van der Waals surface area (Å²) in [5.41, 5.74) is 0.275. The van der Waals surface area contributed by atoms with Crippen LogP contribution < -0.4 is 4.72 Å². The molecule has 5 nitrogen and oxygen atoms in total. The number of rotatable bonds is 3. The van der Waals surface area contributed by atoms with Crippen LogP contribution in [0.2, 0.25) is 0 Å². The Morgan fingerprint density at radius 3 is 2.71 bits per heavy atom. The molecule has 1 heterocycles. The molecule has 0 spiro atoms. The molecule has 0 aliphatic rings. The highest BCUT2D eigenvalue weighted by molar-refractivity contribution is 9.11. The molecule has 1 aromatic heterocycles. The lowest BCUT2D eigenvalue weighted by atomic mass is 10.4. The van der Waals surface area contributed by atoms with Gasteiger partial charge >= 0.3 is 0 Å². The molecule has 2 rings (SSSR count). The molecule has 17 heavy (non-hydrogen) atoms. The van der Waals surface area contributed by atoms with Crippen LogP contribution in [0.5, 0.6) is 0 Å². The third-order valence-electron chi connectivity index (χ3n) is 1.87. The Balaban J connectivity index is 2.41. The molecular formula is C9H6Br2N2O3S. The first kappa shape index (κ1) is 12.6. The van der Waals surface area contributed by atoms with Gasteiger partial charge in [0.25, 0.3) is 10.0 Å². The highest BCUT2D eigenvalue weighted by atomic mass is 79.9. The van der Waals surface area contributed by atoms with Crippen molar-refractivity contribution in [1.82, 2.24) is 5.16 Å². The lowest BCUT2D eigenvalue weighted by Gasteiger charge is -2.07. The Hall–Kier alpha value is -0.860. The van der Waals surface area contributed by atoms with Crippen LogP contribution in [0.15, 0.2) is 49.0 Å². The van der Waals surface area contributed by atoms with Gasteiger partial charge in [-0.05, 0) is 34.1 Å². The fraction of sp³-hybridized carbons (Fsp3) is 0. The second-order valence-corrected chi connectivity index (χ2v) is 6.51. The molecule has 0 aliphatic heterocycles. The van der Waals surface area contributed by atoms with Crippen molar-refractivity contribution >= 4 is 47.6 Å². The summed E-state index contributed by atoms with van der Waals surface area (Å²) in [7, 11) is -3.66. The van der Waals surface area contributed by atoms with Crippen LogP contribution in [0.3, 0.4) is 0 Å². The van der Waals surface area contributed by atoms with E-state index in [1.807, 2.05) is 0 Å². The standard InChI is InChI=1S/C9H6Br2N2O3S/c10-6-1-2-8(11)9(3-6)17(14,15)13-7-4-12-16-5-7/h1-5,13H. The minimum absolute atomic E-state index is 0.132. The summed E-state index contributed by atoms with van der Waals surface area (Å²) in [6.07, 6.45) is 2.49. The van der Waals surface area contributed by atoms with Crippen molar-refractivity contribution in [3.8, 4) is 0 Å². The van der Waals surface area contributed by atoms with E-state index < -0.39 is 10.0 Å². The largest absolute Gasteiger partial charge is 0.362 e. The average Bonchev–Trinajstić information content (AvgIpc) is 2.73. The molecule has 90 valence electrons. The topological polar surface area (TPSA) is 72.2 Å². The van der Waals surface area contributed by atoms with E-state index in [4.69, 9.17) is 0 Å². The quantitative estimate of drug-likeness (QED) is 0.886. The summed E-state index contributed by atoms with van der Waals surface area (Å²) >= 11 is 6.41. The van der Waals surface area contributed by atoms with Gasteiger partial charge in [0.05, 0.1) is 6.20 Å². The minimum Gasteiger partial charge on any atom is -0.362 e. The minimum atomic E-state index is -3.66. The van der Waals surface area contributed by atoms with Crippen LogP contribution in [-0.2, 0) is 10.0 Å². The third kappa shape index (κ3) is 2.88. The maximum absolute atomic E-state index is 12.0. The Kier molecular flexibility index (Phi) is 3.55. The number of halogens is 2. The van der Waals surface area contributed by atoms with Crippen LogP contribution >= 0.6 is 31.9 Å². The number of hydrogen-bond donors (Lipinski definition) is 1. The van der Waals surface area contributed by atoms with Gasteiger partial charge in [-0.15, -0.1) is 0 Å². The van der Waals surface area contributed by atoms with Crippen LogP contribution in [0, 0.1) is 0 Å². The first-order valence-corrected chi connectivity index (χ1v) is 7.43. The summed E-state index contributed by atoms with van der Waals surface area (Å²) in [6.45, 7) is 0.